The van der Waals surface area contributed by atoms with Crippen LogP contribution in [0.1, 0.15) is 11.8 Å². The molecule has 2 rings (SSSR count). The van der Waals surface area contributed by atoms with Gasteiger partial charge in [0.05, 0.1) is 13.2 Å². The zero-order valence-corrected chi connectivity index (χ0v) is 13.0. The number of thiazole rings is 1. The van der Waals surface area contributed by atoms with Crippen LogP contribution < -0.4 is 10.1 Å². The average molecular weight is 313 g/mol. The molecule has 1 aromatic heterocycles. The fourth-order valence-electron chi connectivity index (χ4n) is 1.71. The second-order valence-corrected chi connectivity index (χ2v) is 6.04. The summed E-state index contributed by atoms with van der Waals surface area (Å²) in [5.74, 6) is 0.834. The molecule has 0 amide bonds. The lowest BCUT2D eigenvalue weighted by atomic mass is 10.3. The summed E-state index contributed by atoms with van der Waals surface area (Å²) in [4.78, 5) is 5.11. The molecule has 0 bridgehead atoms. The third-order valence-electron chi connectivity index (χ3n) is 2.59. The largest absolute Gasteiger partial charge is 0.488 e. The van der Waals surface area contributed by atoms with Gasteiger partial charge in [0, 0.05) is 23.9 Å². The van der Waals surface area contributed by atoms with Gasteiger partial charge in [-0.25, -0.2) is 4.98 Å². The van der Waals surface area contributed by atoms with E-state index in [-0.39, 0.29) is 6.10 Å². The van der Waals surface area contributed by atoms with E-state index in [1.807, 2.05) is 31.2 Å². The first-order valence-electron chi connectivity index (χ1n) is 6.27. The lowest BCUT2D eigenvalue weighted by molar-refractivity contribution is 0.0921. The zero-order chi connectivity index (χ0) is 14.4. The molecule has 0 saturated heterocycles. The summed E-state index contributed by atoms with van der Waals surface area (Å²) in [6.45, 7) is 3.26. The molecule has 0 fully saturated rings. The van der Waals surface area contributed by atoms with E-state index in [4.69, 9.17) is 21.1 Å². The lowest BCUT2D eigenvalue weighted by Crippen LogP contribution is -2.17. The number of rotatable bonds is 7. The number of anilines is 1. The Hall–Kier alpha value is -1.30. The Kier molecular flexibility index (Phi) is 5.64. The van der Waals surface area contributed by atoms with Crippen LogP contribution in [0.3, 0.4) is 0 Å². The van der Waals surface area contributed by atoms with Crippen molar-refractivity contribution in [3.8, 4) is 5.75 Å². The van der Waals surface area contributed by atoms with E-state index in [0.717, 1.165) is 16.3 Å². The third kappa shape index (κ3) is 4.67. The Bertz CT molecular complexity index is 530. The van der Waals surface area contributed by atoms with Gasteiger partial charge in [0.15, 0.2) is 4.47 Å². The van der Waals surface area contributed by atoms with Crippen molar-refractivity contribution in [2.45, 2.75) is 19.6 Å². The van der Waals surface area contributed by atoms with Gasteiger partial charge in [0.2, 0.25) is 0 Å². The van der Waals surface area contributed by atoms with Gasteiger partial charge < -0.3 is 14.8 Å². The molecule has 1 atom stereocenters. The Morgan fingerprint density at radius 2 is 2.10 bits per heavy atom. The number of hydrogen-bond acceptors (Lipinski definition) is 5. The van der Waals surface area contributed by atoms with Gasteiger partial charge in [-0.2, -0.15) is 0 Å². The molecule has 0 aliphatic carbocycles. The topological polar surface area (TPSA) is 43.4 Å². The number of halogens is 1. The van der Waals surface area contributed by atoms with Crippen molar-refractivity contribution in [1.82, 2.24) is 4.98 Å². The van der Waals surface area contributed by atoms with Gasteiger partial charge in [-0.3, -0.25) is 0 Å². The highest BCUT2D eigenvalue weighted by molar-refractivity contribution is 7.15. The number of methoxy groups -OCH3 is 1. The monoisotopic (exact) mass is 312 g/mol. The molecule has 0 aliphatic heterocycles. The summed E-state index contributed by atoms with van der Waals surface area (Å²) in [7, 11) is 1.67. The molecule has 108 valence electrons. The van der Waals surface area contributed by atoms with Crippen LogP contribution >= 0.6 is 22.9 Å². The first-order chi connectivity index (χ1) is 9.67. The molecular weight excluding hydrogens is 296 g/mol. The van der Waals surface area contributed by atoms with E-state index < -0.39 is 0 Å². The number of hydrogen-bond donors (Lipinski definition) is 1. The van der Waals surface area contributed by atoms with Crippen molar-refractivity contribution in [1.29, 1.82) is 0 Å². The number of aromatic nitrogens is 1. The predicted octanol–water partition coefficient (Wildman–Crippen LogP) is 3.82. The van der Waals surface area contributed by atoms with E-state index in [9.17, 15) is 0 Å². The van der Waals surface area contributed by atoms with E-state index in [2.05, 4.69) is 10.3 Å². The molecule has 0 radical (unpaired) electrons. The number of ether oxygens (including phenoxy) is 2. The van der Waals surface area contributed by atoms with E-state index in [1.54, 1.807) is 13.3 Å². The van der Waals surface area contributed by atoms with Gasteiger partial charge in [-0.1, -0.05) is 11.6 Å². The Morgan fingerprint density at radius 1 is 1.35 bits per heavy atom. The van der Waals surface area contributed by atoms with Gasteiger partial charge in [0.25, 0.3) is 0 Å². The molecule has 1 unspecified atom stereocenters. The smallest absolute Gasteiger partial charge is 0.183 e. The molecule has 0 spiro atoms. The second-order valence-electron chi connectivity index (χ2n) is 4.34. The Balaban J connectivity index is 1.85. The fraction of sp³-hybridized carbons (Fsp3) is 0.357. The highest BCUT2D eigenvalue weighted by atomic mass is 35.5. The number of nitrogens with one attached hydrogen (secondary N) is 1. The summed E-state index contributed by atoms with van der Waals surface area (Å²) < 4.78 is 11.3. The van der Waals surface area contributed by atoms with Crippen molar-refractivity contribution in [3.05, 3.63) is 39.8 Å². The maximum Gasteiger partial charge on any atom is 0.183 e. The highest BCUT2D eigenvalue weighted by Crippen LogP contribution is 2.21. The van der Waals surface area contributed by atoms with Gasteiger partial charge in [-0.15, -0.1) is 11.3 Å². The maximum absolute atomic E-state index is 5.79. The van der Waals surface area contributed by atoms with Crippen LogP contribution in [0, 0.1) is 0 Å². The number of benzene rings is 1. The summed E-state index contributed by atoms with van der Waals surface area (Å²) in [5.41, 5.74) is 1.03. The molecule has 4 nitrogen and oxygen atoms in total. The van der Waals surface area contributed by atoms with Crippen molar-refractivity contribution in [3.63, 3.8) is 0 Å². The lowest BCUT2D eigenvalue weighted by Gasteiger charge is -2.14. The normalized spacial score (nSPS) is 12.2. The highest BCUT2D eigenvalue weighted by Gasteiger charge is 2.03. The van der Waals surface area contributed by atoms with E-state index >= 15 is 0 Å². The second kappa shape index (κ2) is 7.47. The Labute approximate surface area is 127 Å². The van der Waals surface area contributed by atoms with Crippen molar-refractivity contribution in [2.24, 2.45) is 0 Å². The molecule has 0 aliphatic rings. The van der Waals surface area contributed by atoms with E-state index in [0.29, 0.717) is 17.6 Å². The summed E-state index contributed by atoms with van der Waals surface area (Å²) in [5, 5.41) is 3.31. The minimum Gasteiger partial charge on any atom is -0.488 e. The van der Waals surface area contributed by atoms with Crippen LogP contribution in [0.4, 0.5) is 5.69 Å². The van der Waals surface area contributed by atoms with Crippen LogP contribution in [0.15, 0.2) is 30.5 Å². The third-order valence-corrected chi connectivity index (χ3v) is 3.70. The standard InChI is InChI=1S/C14H17ClN2O2S/c1-10(9-18-2)19-12-5-3-11(4-6-12)16-7-13-8-17-14(15)20-13/h3-6,8,10,16H,7,9H2,1-2H3. The minimum atomic E-state index is 0.0399. The fourth-order valence-corrected chi connectivity index (χ4v) is 2.62. The van der Waals surface area contributed by atoms with Gasteiger partial charge >= 0.3 is 0 Å². The molecule has 6 heteroatoms. The quantitative estimate of drug-likeness (QED) is 0.844. The van der Waals surface area contributed by atoms with E-state index in [1.165, 1.54) is 11.3 Å². The summed E-state index contributed by atoms with van der Waals surface area (Å²) >= 11 is 7.27. The van der Waals surface area contributed by atoms with Crippen molar-refractivity contribution < 1.29 is 9.47 Å². The zero-order valence-electron chi connectivity index (χ0n) is 11.4. The molecule has 20 heavy (non-hydrogen) atoms. The van der Waals surface area contributed by atoms with Crippen LogP contribution in [0.2, 0.25) is 4.47 Å². The predicted molar refractivity (Wildman–Crippen MR) is 82.9 cm³/mol. The van der Waals surface area contributed by atoms with Crippen LogP contribution in [0.25, 0.3) is 0 Å². The molecular formula is C14H17ClN2O2S. The molecule has 2 aromatic rings. The average Bonchev–Trinajstić information content (AvgIpc) is 2.84. The van der Waals surface area contributed by atoms with Gasteiger partial charge in [0.1, 0.15) is 11.9 Å². The summed E-state index contributed by atoms with van der Waals surface area (Å²) in [6, 6.07) is 7.84. The number of nitrogens with zero attached hydrogens (tertiary/aromatic N) is 1. The summed E-state index contributed by atoms with van der Waals surface area (Å²) in [6.07, 6.45) is 1.82. The van der Waals surface area contributed by atoms with Crippen LogP contribution in [0.5, 0.6) is 5.75 Å². The minimum absolute atomic E-state index is 0.0399. The molecule has 0 saturated carbocycles. The Morgan fingerprint density at radius 3 is 2.70 bits per heavy atom. The SMILES string of the molecule is COCC(C)Oc1ccc(NCc2cnc(Cl)s2)cc1. The molecule has 1 aromatic carbocycles. The van der Waals surface area contributed by atoms with Crippen LogP contribution in [-0.4, -0.2) is 24.8 Å². The first kappa shape index (κ1) is 15.1. The first-order valence-corrected chi connectivity index (χ1v) is 7.46. The maximum atomic E-state index is 5.79. The molecule has 1 N–H and O–H groups in total. The molecule has 1 heterocycles. The van der Waals surface area contributed by atoms with Crippen molar-refractivity contribution in [2.75, 3.05) is 19.0 Å². The van der Waals surface area contributed by atoms with Gasteiger partial charge in [-0.05, 0) is 31.2 Å². The van der Waals surface area contributed by atoms with Crippen molar-refractivity contribution >= 4 is 28.6 Å². The van der Waals surface area contributed by atoms with Crippen LogP contribution in [-0.2, 0) is 11.3 Å².